The third-order valence-electron chi connectivity index (χ3n) is 5.57. The minimum absolute atomic E-state index is 0.0716. The number of methoxy groups -OCH3 is 1. The Morgan fingerprint density at radius 2 is 1.90 bits per heavy atom. The summed E-state index contributed by atoms with van der Waals surface area (Å²) < 4.78 is 19.8. The molecule has 1 amide bonds. The zero-order chi connectivity index (χ0) is 22.2. The van der Waals surface area contributed by atoms with E-state index in [0.717, 1.165) is 44.2 Å². The third-order valence-corrected chi connectivity index (χ3v) is 5.57. The van der Waals surface area contributed by atoms with E-state index in [-0.39, 0.29) is 18.3 Å². The number of rotatable bonds is 8. The molecule has 2 aromatic carbocycles. The number of likely N-dealkylation sites (N-methyl/N-ethyl adjacent to an activating group) is 1. The van der Waals surface area contributed by atoms with Gasteiger partial charge in [-0.1, -0.05) is 6.07 Å². The van der Waals surface area contributed by atoms with Gasteiger partial charge in [-0.3, -0.25) is 4.79 Å². The van der Waals surface area contributed by atoms with Crippen LogP contribution in [-0.2, 0) is 4.79 Å². The molecule has 1 saturated heterocycles. The first-order chi connectivity index (χ1) is 15.0. The van der Waals surface area contributed by atoms with Crippen LogP contribution in [0.3, 0.4) is 0 Å². The molecule has 1 aliphatic rings. The summed E-state index contributed by atoms with van der Waals surface area (Å²) in [4.78, 5) is 15.7. The van der Waals surface area contributed by atoms with E-state index in [1.807, 2.05) is 30.3 Å². The summed E-state index contributed by atoms with van der Waals surface area (Å²) >= 11 is 0. The fraction of sp³-hybridized carbons (Fsp3) is 0.391. The second-order valence-electron chi connectivity index (χ2n) is 7.57. The van der Waals surface area contributed by atoms with Gasteiger partial charge in [0.15, 0.2) is 0 Å². The highest BCUT2D eigenvalue weighted by Gasteiger charge is 2.21. The van der Waals surface area contributed by atoms with Gasteiger partial charge in [-0.2, -0.15) is 5.10 Å². The van der Waals surface area contributed by atoms with Crippen molar-refractivity contribution < 1.29 is 18.8 Å². The van der Waals surface area contributed by atoms with Crippen LogP contribution < -0.4 is 25.3 Å². The number of amides is 1. The molecule has 3 rings (SSSR count). The number of nitrogens with one attached hydrogen (secondary N) is 3. The van der Waals surface area contributed by atoms with Crippen molar-refractivity contribution in [2.75, 3.05) is 56.6 Å². The summed E-state index contributed by atoms with van der Waals surface area (Å²) in [5.41, 5.74) is 5.12. The molecule has 2 aromatic rings. The first-order valence-corrected chi connectivity index (χ1v) is 10.6. The number of ether oxygens (including phenoxy) is 1. The maximum absolute atomic E-state index is 14.7. The van der Waals surface area contributed by atoms with Crippen LogP contribution in [0.15, 0.2) is 47.6 Å². The lowest BCUT2D eigenvalue weighted by Crippen LogP contribution is -3.14. The second kappa shape index (κ2) is 10.8. The first kappa shape index (κ1) is 22.6. The van der Waals surface area contributed by atoms with Crippen molar-refractivity contribution in [3.05, 3.63) is 53.8 Å². The van der Waals surface area contributed by atoms with E-state index in [0.29, 0.717) is 17.0 Å². The van der Waals surface area contributed by atoms with Gasteiger partial charge in [0.05, 0.1) is 57.8 Å². The third kappa shape index (κ3) is 6.18. The normalized spacial score (nSPS) is 15.0. The zero-order valence-electron chi connectivity index (χ0n) is 18.4. The van der Waals surface area contributed by atoms with E-state index in [1.54, 1.807) is 25.0 Å². The number of nitrogens with zero attached hydrogens (tertiary/aromatic N) is 2. The van der Waals surface area contributed by atoms with E-state index in [4.69, 9.17) is 4.74 Å². The van der Waals surface area contributed by atoms with Crippen LogP contribution in [-0.4, -0.2) is 58.0 Å². The Morgan fingerprint density at radius 3 is 2.52 bits per heavy atom. The van der Waals surface area contributed by atoms with Crippen LogP contribution in [0.2, 0.25) is 0 Å². The smallest absolute Gasteiger partial charge is 0.259 e. The Morgan fingerprint density at radius 1 is 1.19 bits per heavy atom. The van der Waals surface area contributed by atoms with Gasteiger partial charge >= 0.3 is 0 Å². The number of anilines is 2. The van der Waals surface area contributed by atoms with Crippen molar-refractivity contribution in [3.63, 3.8) is 0 Å². The highest BCUT2D eigenvalue weighted by molar-refractivity contribution is 5.99. The van der Waals surface area contributed by atoms with Crippen molar-refractivity contribution in [1.82, 2.24) is 5.43 Å². The molecule has 8 heteroatoms. The quantitative estimate of drug-likeness (QED) is 0.440. The molecule has 0 bridgehead atoms. The van der Waals surface area contributed by atoms with E-state index in [2.05, 4.69) is 27.7 Å². The number of hydrazone groups is 1. The maximum atomic E-state index is 14.7. The van der Waals surface area contributed by atoms with E-state index >= 15 is 0 Å². The largest absolute Gasteiger partial charge is 0.497 e. The molecule has 31 heavy (non-hydrogen) atoms. The van der Waals surface area contributed by atoms with Gasteiger partial charge in [0.1, 0.15) is 11.6 Å². The summed E-state index contributed by atoms with van der Waals surface area (Å²) in [5.74, 6) is 0.195. The van der Waals surface area contributed by atoms with Crippen molar-refractivity contribution in [3.8, 4) is 5.75 Å². The monoisotopic (exact) mass is 428 g/mol. The lowest BCUT2D eigenvalue weighted by atomic mass is 10.1. The maximum Gasteiger partial charge on any atom is 0.259 e. The van der Waals surface area contributed by atoms with Crippen molar-refractivity contribution in [2.45, 2.75) is 13.8 Å². The van der Waals surface area contributed by atoms with E-state index in [1.165, 1.54) is 6.07 Å². The number of quaternary nitrogens is 1. The molecule has 1 fully saturated rings. The lowest BCUT2D eigenvalue weighted by Gasteiger charge is -2.33. The number of benzene rings is 2. The Kier molecular flexibility index (Phi) is 7.83. The Bertz CT molecular complexity index is 909. The first-order valence-electron chi connectivity index (χ1n) is 10.6. The predicted molar refractivity (Wildman–Crippen MR) is 122 cm³/mol. The van der Waals surface area contributed by atoms with Gasteiger partial charge in [-0.25, -0.2) is 9.82 Å². The Balaban J connectivity index is 1.53. The molecule has 0 spiro atoms. The average molecular weight is 429 g/mol. The average Bonchev–Trinajstić information content (AvgIpc) is 2.81. The molecular formula is C23H31FN5O2+. The van der Waals surface area contributed by atoms with Crippen molar-refractivity contribution in [1.29, 1.82) is 0 Å². The fourth-order valence-corrected chi connectivity index (χ4v) is 3.55. The molecule has 3 N–H and O–H groups in total. The summed E-state index contributed by atoms with van der Waals surface area (Å²) in [5, 5.41) is 7.13. The zero-order valence-corrected chi connectivity index (χ0v) is 18.4. The SMILES string of the molecule is CC[NH+]1CCN(c2ccc(/C(C)=N\NC(=O)CNc3ccc(OC)cc3)cc2F)CC1. The highest BCUT2D eigenvalue weighted by Crippen LogP contribution is 2.21. The van der Waals surface area contributed by atoms with Gasteiger partial charge in [-0.15, -0.1) is 0 Å². The van der Waals surface area contributed by atoms with Gasteiger partial charge in [-0.05, 0) is 50.2 Å². The fourth-order valence-electron chi connectivity index (χ4n) is 3.55. The topological polar surface area (TPSA) is 70.4 Å². The highest BCUT2D eigenvalue weighted by atomic mass is 19.1. The van der Waals surface area contributed by atoms with Gasteiger partial charge in [0, 0.05) is 11.3 Å². The number of piperazine rings is 1. The second-order valence-corrected chi connectivity index (χ2v) is 7.57. The van der Waals surface area contributed by atoms with Crippen LogP contribution in [0.5, 0.6) is 5.75 Å². The van der Waals surface area contributed by atoms with Crippen LogP contribution in [0.25, 0.3) is 0 Å². The van der Waals surface area contributed by atoms with Crippen LogP contribution in [0, 0.1) is 5.82 Å². The number of hydrogen-bond acceptors (Lipinski definition) is 5. The Labute approximate surface area is 182 Å². The van der Waals surface area contributed by atoms with Crippen LogP contribution in [0.1, 0.15) is 19.4 Å². The van der Waals surface area contributed by atoms with Crippen molar-refractivity contribution >= 4 is 23.0 Å². The molecule has 0 atom stereocenters. The standard InChI is InChI=1S/C23H30FN5O2/c1-4-28-11-13-29(14-12-28)22-10-5-18(15-21(22)24)17(2)26-27-23(30)16-25-19-6-8-20(31-3)9-7-19/h5-10,15,25H,4,11-14,16H2,1-3H3,(H,27,30)/p+1/b26-17-. The van der Waals surface area contributed by atoms with Crippen LogP contribution in [0.4, 0.5) is 15.8 Å². The van der Waals surface area contributed by atoms with Gasteiger partial charge < -0.3 is 19.9 Å². The number of carbonyl (C=O) groups is 1. The molecule has 0 saturated carbocycles. The Hall–Kier alpha value is -3.13. The molecule has 7 nitrogen and oxygen atoms in total. The van der Waals surface area contributed by atoms with Gasteiger partial charge in [0.2, 0.25) is 0 Å². The molecule has 1 heterocycles. The minimum atomic E-state index is -0.288. The number of carbonyl (C=O) groups excluding carboxylic acids is 1. The molecule has 0 unspecified atom stereocenters. The summed E-state index contributed by atoms with van der Waals surface area (Å²) in [7, 11) is 1.60. The number of halogens is 1. The summed E-state index contributed by atoms with van der Waals surface area (Å²) in [6.45, 7) is 8.84. The van der Waals surface area contributed by atoms with Gasteiger partial charge in [0.25, 0.3) is 5.91 Å². The van der Waals surface area contributed by atoms with Crippen LogP contribution >= 0.6 is 0 Å². The van der Waals surface area contributed by atoms with E-state index < -0.39 is 0 Å². The van der Waals surface area contributed by atoms with Crippen molar-refractivity contribution in [2.24, 2.45) is 5.10 Å². The molecular weight excluding hydrogens is 397 g/mol. The molecule has 0 radical (unpaired) electrons. The summed E-state index contributed by atoms with van der Waals surface area (Å²) in [6, 6.07) is 12.4. The summed E-state index contributed by atoms with van der Waals surface area (Å²) in [6.07, 6.45) is 0. The number of hydrogen-bond donors (Lipinski definition) is 3. The lowest BCUT2D eigenvalue weighted by molar-refractivity contribution is -0.898. The molecule has 0 aromatic heterocycles. The predicted octanol–water partition coefficient (Wildman–Crippen LogP) is 1.51. The van der Waals surface area contributed by atoms with E-state index in [9.17, 15) is 9.18 Å². The minimum Gasteiger partial charge on any atom is -0.497 e. The molecule has 166 valence electrons. The molecule has 0 aliphatic carbocycles. The molecule has 1 aliphatic heterocycles.